The molecule has 0 saturated heterocycles. The van der Waals surface area contributed by atoms with Crippen LogP contribution in [0, 0.1) is 0 Å². The Kier molecular flexibility index (Phi) is 1.67. The highest BCUT2D eigenvalue weighted by molar-refractivity contribution is 6.13. The van der Waals surface area contributed by atoms with Gasteiger partial charge in [-0.2, -0.15) is 0 Å². The second kappa shape index (κ2) is 2.91. The van der Waals surface area contributed by atoms with E-state index in [1.165, 1.54) is 5.56 Å². The number of Topliss-reactive ketones (excluding diaryl/α,β-unsaturated/α-hetero) is 1. The van der Waals surface area contributed by atoms with Crippen molar-refractivity contribution in [1.82, 2.24) is 0 Å². The van der Waals surface area contributed by atoms with Crippen molar-refractivity contribution in [2.45, 2.75) is 12.5 Å². The van der Waals surface area contributed by atoms with Gasteiger partial charge in [-0.05, 0) is 22.8 Å². The third-order valence-corrected chi connectivity index (χ3v) is 3.03. The second-order valence-electron chi connectivity index (χ2n) is 4.00. The Bertz CT molecular complexity index is 554. The lowest BCUT2D eigenvalue weighted by Crippen LogP contribution is -2.35. The smallest absolute Gasteiger partial charge is 0.180 e. The van der Waals surface area contributed by atoms with E-state index in [1.54, 1.807) is 0 Å². The Morgan fingerprint density at radius 1 is 1.13 bits per heavy atom. The van der Waals surface area contributed by atoms with Crippen molar-refractivity contribution in [2.75, 3.05) is 0 Å². The zero-order valence-electron chi connectivity index (χ0n) is 8.23. The molecule has 3 rings (SSSR count). The molecule has 2 N–H and O–H groups in total. The third kappa shape index (κ3) is 1.12. The molecule has 1 aliphatic carbocycles. The molecular formula is C13H11NO. The fourth-order valence-corrected chi connectivity index (χ4v) is 2.32. The van der Waals surface area contributed by atoms with Crippen LogP contribution in [0.4, 0.5) is 0 Å². The first-order valence-corrected chi connectivity index (χ1v) is 5.08. The monoisotopic (exact) mass is 197 g/mol. The average molecular weight is 197 g/mol. The van der Waals surface area contributed by atoms with Crippen molar-refractivity contribution in [3.8, 4) is 0 Å². The summed E-state index contributed by atoms with van der Waals surface area (Å²) in [6.07, 6.45) is 0.660. The predicted octanol–water partition coefficient (Wildman–Crippen LogP) is 1.91. The van der Waals surface area contributed by atoms with E-state index in [2.05, 4.69) is 6.07 Å². The van der Waals surface area contributed by atoms with E-state index in [1.807, 2.05) is 30.3 Å². The summed E-state index contributed by atoms with van der Waals surface area (Å²) >= 11 is 0. The zero-order valence-corrected chi connectivity index (χ0v) is 8.23. The molecule has 2 aromatic carbocycles. The second-order valence-corrected chi connectivity index (χ2v) is 4.00. The summed E-state index contributed by atoms with van der Waals surface area (Å²) in [5.74, 6) is 0.0688. The minimum atomic E-state index is -0.370. The largest absolute Gasteiger partial charge is 0.321 e. The summed E-state index contributed by atoms with van der Waals surface area (Å²) in [6.45, 7) is 0. The third-order valence-electron chi connectivity index (χ3n) is 3.03. The molecule has 74 valence electrons. The number of hydrogen-bond donors (Lipinski definition) is 1. The maximum Gasteiger partial charge on any atom is 0.180 e. The van der Waals surface area contributed by atoms with E-state index in [9.17, 15) is 4.79 Å². The van der Waals surface area contributed by atoms with E-state index in [0.29, 0.717) is 6.42 Å². The lowest BCUT2D eigenvalue weighted by Gasteiger charge is -2.20. The highest BCUT2D eigenvalue weighted by Crippen LogP contribution is 2.28. The van der Waals surface area contributed by atoms with Crippen LogP contribution in [0.2, 0.25) is 0 Å². The van der Waals surface area contributed by atoms with E-state index < -0.39 is 0 Å². The lowest BCUT2D eigenvalue weighted by atomic mass is 9.85. The molecule has 0 bridgehead atoms. The van der Waals surface area contributed by atoms with Gasteiger partial charge in [-0.25, -0.2) is 0 Å². The highest BCUT2D eigenvalue weighted by Gasteiger charge is 2.25. The van der Waals surface area contributed by atoms with Crippen LogP contribution in [0.5, 0.6) is 0 Å². The number of hydrogen-bond acceptors (Lipinski definition) is 2. The van der Waals surface area contributed by atoms with Crippen LogP contribution in [0.25, 0.3) is 10.8 Å². The molecule has 0 fully saturated rings. The minimum absolute atomic E-state index is 0.0688. The Labute approximate surface area is 87.7 Å². The van der Waals surface area contributed by atoms with Crippen LogP contribution >= 0.6 is 0 Å². The zero-order chi connectivity index (χ0) is 10.4. The van der Waals surface area contributed by atoms with Gasteiger partial charge in [-0.3, -0.25) is 4.79 Å². The van der Waals surface area contributed by atoms with Crippen LogP contribution in [0.1, 0.15) is 15.9 Å². The van der Waals surface area contributed by atoms with E-state index in [0.717, 1.165) is 16.3 Å². The first kappa shape index (κ1) is 8.62. The number of nitrogens with two attached hydrogens (primary N) is 1. The minimum Gasteiger partial charge on any atom is -0.321 e. The van der Waals surface area contributed by atoms with Gasteiger partial charge in [-0.1, -0.05) is 36.4 Å². The van der Waals surface area contributed by atoms with Gasteiger partial charge in [0.15, 0.2) is 5.78 Å². The maximum absolute atomic E-state index is 11.9. The van der Waals surface area contributed by atoms with Gasteiger partial charge in [0.1, 0.15) is 0 Å². The van der Waals surface area contributed by atoms with Gasteiger partial charge in [-0.15, -0.1) is 0 Å². The Hall–Kier alpha value is -1.67. The normalized spacial score (nSPS) is 19.5. The van der Waals surface area contributed by atoms with E-state index >= 15 is 0 Å². The van der Waals surface area contributed by atoms with Crippen LogP contribution in [0.15, 0.2) is 36.4 Å². The average Bonchev–Trinajstić information content (AvgIpc) is 2.26. The van der Waals surface area contributed by atoms with Gasteiger partial charge in [0.25, 0.3) is 0 Å². The summed E-state index contributed by atoms with van der Waals surface area (Å²) in [4.78, 5) is 11.9. The first-order valence-electron chi connectivity index (χ1n) is 5.08. The number of carbonyl (C=O) groups is 1. The quantitative estimate of drug-likeness (QED) is 0.701. The molecule has 15 heavy (non-hydrogen) atoms. The Balaban J connectivity index is 2.46. The van der Waals surface area contributed by atoms with Gasteiger partial charge in [0.2, 0.25) is 0 Å². The molecule has 0 aliphatic heterocycles. The number of ketones is 1. The molecular weight excluding hydrogens is 186 g/mol. The summed E-state index contributed by atoms with van der Waals surface area (Å²) < 4.78 is 0. The van der Waals surface area contributed by atoms with Crippen molar-refractivity contribution in [3.63, 3.8) is 0 Å². The van der Waals surface area contributed by atoms with Crippen molar-refractivity contribution >= 4 is 16.6 Å². The van der Waals surface area contributed by atoms with Gasteiger partial charge in [0, 0.05) is 5.56 Å². The Morgan fingerprint density at radius 3 is 2.67 bits per heavy atom. The molecule has 2 heteroatoms. The fourth-order valence-electron chi connectivity index (χ4n) is 2.32. The molecule has 2 aromatic rings. The fraction of sp³-hybridized carbons (Fsp3) is 0.154. The predicted molar refractivity (Wildman–Crippen MR) is 60.0 cm³/mol. The number of carbonyl (C=O) groups excluding carboxylic acids is 1. The number of rotatable bonds is 0. The Morgan fingerprint density at radius 2 is 1.87 bits per heavy atom. The molecule has 0 saturated carbocycles. The first-order chi connectivity index (χ1) is 7.27. The van der Waals surface area contributed by atoms with Gasteiger partial charge < -0.3 is 5.73 Å². The summed E-state index contributed by atoms with van der Waals surface area (Å²) in [5, 5.41) is 2.22. The van der Waals surface area contributed by atoms with Crippen LogP contribution in [-0.2, 0) is 6.42 Å². The SMILES string of the molecule is NC1Cc2cccc3cccc(c23)C1=O. The molecule has 0 spiro atoms. The van der Waals surface area contributed by atoms with Gasteiger partial charge >= 0.3 is 0 Å². The molecule has 1 aliphatic rings. The van der Waals surface area contributed by atoms with Gasteiger partial charge in [0.05, 0.1) is 6.04 Å². The van der Waals surface area contributed by atoms with Crippen LogP contribution in [-0.4, -0.2) is 11.8 Å². The molecule has 0 aromatic heterocycles. The topological polar surface area (TPSA) is 43.1 Å². The van der Waals surface area contributed by atoms with Crippen molar-refractivity contribution in [3.05, 3.63) is 47.5 Å². The highest BCUT2D eigenvalue weighted by atomic mass is 16.1. The van der Waals surface area contributed by atoms with Crippen molar-refractivity contribution in [1.29, 1.82) is 0 Å². The lowest BCUT2D eigenvalue weighted by molar-refractivity contribution is 0.0959. The molecule has 1 unspecified atom stereocenters. The molecule has 0 radical (unpaired) electrons. The van der Waals surface area contributed by atoms with Crippen LogP contribution < -0.4 is 5.73 Å². The molecule has 2 nitrogen and oxygen atoms in total. The molecule has 0 heterocycles. The summed E-state index contributed by atoms with van der Waals surface area (Å²) in [7, 11) is 0. The summed E-state index contributed by atoms with van der Waals surface area (Å²) in [5.41, 5.74) is 7.79. The maximum atomic E-state index is 11.9. The molecule has 0 amide bonds. The van der Waals surface area contributed by atoms with Crippen molar-refractivity contribution < 1.29 is 4.79 Å². The molecule has 1 atom stereocenters. The standard InChI is InChI=1S/C13H11NO/c14-11-7-9-5-1-3-8-4-2-6-10(12(8)9)13(11)15/h1-6,11H,7,14H2. The van der Waals surface area contributed by atoms with Crippen LogP contribution in [0.3, 0.4) is 0 Å². The van der Waals surface area contributed by atoms with E-state index in [-0.39, 0.29) is 11.8 Å². The van der Waals surface area contributed by atoms with Crippen molar-refractivity contribution in [2.24, 2.45) is 5.73 Å². The summed E-state index contributed by atoms with van der Waals surface area (Å²) in [6, 6.07) is 11.6. The van der Waals surface area contributed by atoms with E-state index in [4.69, 9.17) is 5.73 Å². The number of benzene rings is 2.